The van der Waals surface area contributed by atoms with Crippen LogP contribution in [0.2, 0.25) is 0 Å². The van der Waals surface area contributed by atoms with E-state index < -0.39 is 18.0 Å². The van der Waals surface area contributed by atoms with E-state index in [1.165, 1.54) is 18.5 Å². The Labute approximate surface area is 222 Å². The molecule has 0 saturated heterocycles. The molecular weight excluding hydrogens is 516 g/mol. The summed E-state index contributed by atoms with van der Waals surface area (Å²) in [6, 6.07) is 8.87. The minimum atomic E-state index is -4.64. The number of halogens is 4. The number of ether oxygens (including phenoxy) is 1. The zero-order valence-electron chi connectivity index (χ0n) is 21.5. The lowest BCUT2D eigenvalue weighted by Crippen LogP contribution is -2.34. The van der Waals surface area contributed by atoms with Gasteiger partial charge in [-0.05, 0) is 56.2 Å². The smallest absolute Gasteiger partial charge is 0.451 e. The number of hydrogen-bond donors (Lipinski definition) is 1. The summed E-state index contributed by atoms with van der Waals surface area (Å²) in [6.45, 7) is 6.34. The Morgan fingerprint density at radius 2 is 1.67 bits per heavy atom. The first-order valence-electron chi connectivity index (χ1n) is 12.2. The van der Waals surface area contributed by atoms with Crippen LogP contribution in [0.3, 0.4) is 0 Å². The molecule has 0 aliphatic carbocycles. The normalized spacial score (nSPS) is 12.3. The maximum atomic E-state index is 13.6. The topological polar surface area (TPSA) is 93.1 Å². The molecule has 8 nitrogen and oxygen atoms in total. The molecule has 0 bridgehead atoms. The number of hydrogen-bond acceptors (Lipinski definition) is 7. The molecule has 4 aromatic rings. The van der Waals surface area contributed by atoms with E-state index in [9.17, 15) is 22.4 Å². The van der Waals surface area contributed by atoms with Crippen molar-refractivity contribution < 1.29 is 27.1 Å². The summed E-state index contributed by atoms with van der Waals surface area (Å²) in [5.74, 6) is -1.11. The molecule has 12 heteroatoms. The van der Waals surface area contributed by atoms with Gasteiger partial charge in [0.25, 0.3) is 5.91 Å². The fourth-order valence-corrected chi connectivity index (χ4v) is 3.97. The second-order valence-corrected chi connectivity index (χ2v) is 8.66. The number of benzene rings is 2. The number of aromatic nitrogens is 4. The summed E-state index contributed by atoms with van der Waals surface area (Å²) in [5.41, 5.74) is 2.18. The fourth-order valence-electron chi connectivity index (χ4n) is 3.97. The van der Waals surface area contributed by atoms with Crippen LogP contribution in [0.5, 0.6) is 5.75 Å². The highest BCUT2D eigenvalue weighted by molar-refractivity contribution is 5.97. The Kier molecular flexibility index (Phi) is 8.22. The van der Waals surface area contributed by atoms with Crippen LogP contribution in [0, 0.1) is 5.82 Å². The molecule has 2 heterocycles. The molecule has 0 spiro atoms. The van der Waals surface area contributed by atoms with Gasteiger partial charge in [-0.25, -0.2) is 24.3 Å². The van der Waals surface area contributed by atoms with Crippen molar-refractivity contribution >= 4 is 22.6 Å². The lowest BCUT2D eigenvalue weighted by molar-refractivity contribution is -0.145. The second kappa shape index (κ2) is 11.6. The molecule has 39 heavy (non-hydrogen) atoms. The van der Waals surface area contributed by atoms with E-state index >= 15 is 0 Å². The predicted molar refractivity (Wildman–Crippen MR) is 137 cm³/mol. The first-order valence-corrected chi connectivity index (χ1v) is 12.2. The van der Waals surface area contributed by atoms with Crippen molar-refractivity contribution in [2.24, 2.45) is 0 Å². The van der Waals surface area contributed by atoms with Crippen molar-refractivity contribution in [1.29, 1.82) is 0 Å². The van der Waals surface area contributed by atoms with Gasteiger partial charge in [-0.2, -0.15) is 13.2 Å². The second-order valence-electron chi connectivity index (χ2n) is 8.66. The third kappa shape index (κ3) is 6.39. The van der Waals surface area contributed by atoms with E-state index in [-0.39, 0.29) is 18.3 Å². The largest absolute Gasteiger partial charge is 0.481 e. The van der Waals surface area contributed by atoms with Gasteiger partial charge >= 0.3 is 6.18 Å². The van der Waals surface area contributed by atoms with Crippen LogP contribution in [0.25, 0.3) is 22.0 Å². The van der Waals surface area contributed by atoms with Crippen molar-refractivity contribution in [3.05, 3.63) is 72.3 Å². The van der Waals surface area contributed by atoms with Gasteiger partial charge in [-0.3, -0.25) is 4.79 Å². The molecule has 204 valence electrons. The van der Waals surface area contributed by atoms with Crippen molar-refractivity contribution in [3.63, 3.8) is 0 Å². The molecule has 4 rings (SSSR count). The zero-order valence-corrected chi connectivity index (χ0v) is 21.5. The first kappa shape index (κ1) is 27.7. The summed E-state index contributed by atoms with van der Waals surface area (Å²) < 4.78 is 58.1. The minimum Gasteiger partial charge on any atom is -0.481 e. The molecule has 0 aliphatic rings. The number of anilines is 1. The first-order chi connectivity index (χ1) is 18.6. The van der Waals surface area contributed by atoms with Crippen LogP contribution in [0.4, 0.5) is 23.4 Å². The number of nitrogens with one attached hydrogen (secondary N) is 1. The molecule has 1 N–H and O–H groups in total. The number of amides is 1. The summed E-state index contributed by atoms with van der Waals surface area (Å²) in [7, 11) is 0. The number of fused-ring (bicyclic) bond motifs is 1. The zero-order chi connectivity index (χ0) is 28.2. The number of rotatable bonds is 9. The van der Waals surface area contributed by atoms with Crippen molar-refractivity contribution in [2.75, 3.05) is 25.0 Å². The highest BCUT2D eigenvalue weighted by Gasteiger charge is 2.34. The molecule has 0 unspecified atom stereocenters. The predicted octanol–water partition coefficient (Wildman–Crippen LogP) is 5.67. The van der Waals surface area contributed by atoms with Gasteiger partial charge < -0.3 is 15.0 Å². The van der Waals surface area contributed by atoms with E-state index in [4.69, 9.17) is 4.74 Å². The molecule has 0 aliphatic heterocycles. The average Bonchev–Trinajstić information content (AvgIpc) is 2.92. The maximum absolute atomic E-state index is 13.6. The number of alkyl halides is 3. The Hall–Kier alpha value is -4.35. The third-order valence-corrected chi connectivity index (χ3v) is 6.13. The van der Waals surface area contributed by atoms with Gasteiger partial charge in [0, 0.05) is 36.4 Å². The quantitative estimate of drug-likeness (QED) is 0.273. The van der Waals surface area contributed by atoms with Crippen molar-refractivity contribution in [2.45, 2.75) is 33.0 Å². The average molecular weight is 543 g/mol. The van der Waals surface area contributed by atoms with Gasteiger partial charge in [0.2, 0.25) is 5.82 Å². The SMILES string of the molecule is CCN(CC)C(=O)COc1cc(-c2ccc(F)cc2)cc2c(N[C@H](C)c3cnc(C(F)(F)F)nc3)ncnc12. The van der Waals surface area contributed by atoms with Crippen LogP contribution < -0.4 is 10.1 Å². The van der Waals surface area contributed by atoms with Crippen LogP contribution in [-0.2, 0) is 11.0 Å². The Morgan fingerprint density at radius 3 is 2.28 bits per heavy atom. The highest BCUT2D eigenvalue weighted by atomic mass is 19.4. The number of carbonyl (C=O) groups is 1. The van der Waals surface area contributed by atoms with Crippen molar-refractivity contribution in [1.82, 2.24) is 24.8 Å². The van der Waals surface area contributed by atoms with E-state index in [1.54, 1.807) is 36.1 Å². The molecule has 2 aromatic heterocycles. The van der Waals surface area contributed by atoms with E-state index in [2.05, 4.69) is 25.3 Å². The van der Waals surface area contributed by atoms with E-state index in [1.807, 2.05) is 13.8 Å². The van der Waals surface area contributed by atoms with E-state index in [0.29, 0.717) is 52.3 Å². The molecule has 0 fully saturated rings. The monoisotopic (exact) mass is 542 g/mol. The Morgan fingerprint density at radius 1 is 1.00 bits per heavy atom. The molecule has 0 saturated carbocycles. The number of carbonyl (C=O) groups excluding carboxylic acids is 1. The standard InChI is InChI=1S/C27H26F4N6O2/c1-4-37(5-2)23(38)14-39-22-11-18(17-6-8-20(28)9-7-17)10-21-24(22)34-15-35-25(21)36-16(3)19-12-32-26(33-13-19)27(29,30)31/h6-13,15-16H,4-5,14H2,1-3H3,(H,34,35,36)/t16-/m1/s1. The maximum Gasteiger partial charge on any atom is 0.451 e. The van der Waals surface area contributed by atoms with Gasteiger partial charge in [0.15, 0.2) is 6.61 Å². The Balaban J connectivity index is 1.72. The van der Waals surface area contributed by atoms with Gasteiger partial charge in [-0.15, -0.1) is 0 Å². The number of nitrogens with zero attached hydrogens (tertiary/aromatic N) is 5. The van der Waals surface area contributed by atoms with E-state index in [0.717, 1.165) is 12.4 Å². The van der Waals surface area contributed by atoms with Gasteiger partial charge in [0.05, 0.1) is 6.04 Å². The lowest BCUT2D eigenvalue weighted by atomic mass is 10.0. The number of likely N-dealkylation sites (N-methyl/N-ethyl adjacent to an activating group) is 1. The van der Waals surface area contributed by atoms with Crippen LogP contribution in [-0.4, -0.2) is 50.4 Å². The van der Waals surface area contributed by atoms with Gasteiger partial charge in [0.1, 0.15) is 29.2 Å². The summed E-state index contributed by atoms with van der Waals surface area (Å²) in [5, 5.41) is 3.70. The lowest BCUT2D eigenvalue weighted by Gasteiger charge is -2.20. The fraction of sp³-hybridized carbons (Fsp3) is 0.296. The van der Waals surface area contributed by atoms with Crippen molar-refractivity contribution in [3.8, 4) is 16.9 Å². The Bertz CT molecular complexity index is 1440. The van der Waals surface area contributed by atoms with Gasteiger partial charge in [-0.1, -0.05) is 12.1 Å². The summed E-state index contributed by atoms with van der Waals surface area (Å²) in [6.07, 6.45) is -1.11. The van der Waals surface area contributed by atoms with Crippen LogP contribution >= 0.6 is 0 Å². The molecule has 0 radical (unpaired) electrons. The summed E-state index contributed by atoms with van der Waals surface area (Å²) in [4.78, 5) is 29.8. The molecule has 1 atom stereocenters. The highest BCUT2D eigenvalue weighted by Crippen LogP contribution is 2.35. The summed E-state index contributed by atoms with van der Waals surface area (Å²) >= 11 is 0. The molecular formula is C27H26F4N6O2. The molecule has 1 amide bonds. The minimum absolute atomic E-state index is 0.191. The van der Waals surface area contributed by atoms with Crippen LogP contribution in [0.15, 0.2) is 55.1 Å². The third-order valence-electron chi connectivity index (χ3n) is 6.13. The van der Waals surface area contributed by atoms with Crippen LogP contribution in [0.1, 0.15) is 38.2 Å². The molecule has 2 aromatic carbocycles.